The first-order valence-corrected chi connectivity index (χ1v) is 7.02. The molecule has 1 fully saturated rings. The Balaban J connectivity index is 1.87. The normalized spacial score (nSPS) is 19.6. The van der Waals surface area contributed by atoms with Crippen molar-refractivity contribution in [1.29, 1.82) is 0 Å². The van der Waals surface area contributed by atoms with Crippen molar-refractivity contribution in [3.8, 4) is 5.75 Å². The maximum atomic E-state index is 12.2. The molecular formula is C15H22N2O3. The molecular weight excluding hydrogens is 256 g/mol. The number of carbonyl (C=O) groups excluding carboxylic acids is 1. The predicted molar refractivity (Wildman–Crippen MR) is 77.9 cm³/mol. The monoisotopic (exact) mass is 278 g/mol. The van der Waals surface area contributed by atoms with Gasteiger partial charge in [-0.2, -0.15) is 0 Å². The van der Waals surface area contributed by atoms with Gasteiger partial charge in [0.2, 0.25) is 5.91 Å². The predicted octanol–water partition coefficient (Wildman–Crippen LogP) is 1.34. The average Bonchev–Trinajstić information content (AvgIpc) is 2.46. The molecule has 1 amide bonds. The quantitative estimate of drug-likeness (QED) is 0.853. The molecule has 1 heterocycles. The Bertz CT molecular complexity index is 433. The molecule has 1 atom stereocenters. The van der Waals surface area contributed by atoms with Crippen molar-refractivity contribution in [2.24, 2.45) is 5.92 Å². The Morgan fingerprint density at radius 2 is 2.20 bits per heavy atom. The number of carbonyl (C=O) groups is 1. The number of ether oxygens (including phenoxy) is 1. The van der Waals surface area contributed by atoms with E-state index in [2.05, 4.69) is 10.2 Å². The fourth-order valence-electron chi connectivity index (χ4n) is 2.42. The zero-order chi connectivity index (χ0) is 14.4. The number of nitrogens with zero attached hydrogens (tertiary/aromatic N) is 1. The molecule has 1 aliphatic heterocycles. The molecule has 1 aromatic carbocycles. The van der Waals surface area contributed by atoms with Crippen LogP contribution in [0.2, 0.25) is 0 Å². The van der Waals surface area contributed by atoms with Gasteiger partial charge in [0.15, 0.2) is 0 Å². The van der Waals surface area contributed by atoms with Gasteiger partial charge in [0, 0.05) is 12.2 Å². The number of amides is 1. The van der Waals surface area contributed by atoms with Crippen LogP contribution >= 0.6 is 0 Å². The van der Waals surface area contributed by atoms with E-state index in [1.807, 2.05) is 19.2 Å². The summed E-state index contributed by atoms with van der Waals surface area (Å²) in [5, 5.41) is 11.6. The lowest BCUT2D eigenvalue weighted by Gasteiger charge is -2.28. The third-order valence-electron chi connectivity index (χ3n) is 3.48. The number of piperidine rings is 1. The number of aliphatic hydroxyl groups excluding tert-OH is 1. The molecule has 0 radical (unpaired) electrons. The zero-order valence-corrected chi connectivity index (χ0v) is 11.8. The van der Waals surface area contributed by atoms with Crippen LogP contribution in [0.4, 0.5) is 5.69 Å². The van der Waals surface area contributed by atoms with Crippen LogP contribution in [0.1, 0.15) is 12.8 Å². The molecule has 1 saturated heterocycles. The maximum absolute atomic E-state index is 12.2. The van der Waals surface area contributed by atoms with Crippen LogP contribution < -0.4 is 10.1 Å². The lowest BCUT2D eigenvalue weighted by atomic mass is 9.97. The average molecular weight is 278 g/mol. The lowest BCUT2D eigenvalue weighted by Crippen LogP contribution is -2.38. The summed E-state index contributed by atoms with van der Waals surface area (Å²) in [6.07, 6.45) is 2.02. The molecule has 0 aromatic heterocycles. The molecule has 5 nitrogen and oxygen atoms in total. The summed E-state index contributed by atoms with van der Waals surface area (Å²) in [7, 11) is 2.05. The van der Waals surface area contributed by atoms with Gasteiger partial charge in [-0.25, -0.2) is 0 Å². The smallest absolute Gasteiger partial charge is 0.228 e. The number of anilines is 1. The van der Waals surface area contributed by atoms with Gasteiger partial charge in [-0.15, -0.1) is 0 Å². The highest BCUT2D eigenvalue weighted by molar-refractivity contribution is 5.92. The Kier molecular flexibility index (Phi) is 5.38. The largest absolute Gasteiger partial charge is 0.491 e. The second-order valence-electron chi connectivity index (χ2n) is 5.19. The number of likely N-dealkylation sites (tertiary alicyclic amines) is 1. The summed E-state index contributed by atoms with van der Waals surface area (Å²) in [6, 6.07) is 7.21. The fraction of sp³-hybridized carbons (Fsp3) is 0.533. The minimum atomic E-state index is -0.00626. The third-order valence-corrected chi connectivity index (χ3v) is 3.48. The fourth-order valence-corrected chi connectivity index (χ4v) is 2.42. The minimum absolute atomic E-state index is 0.00626. The molecule has 20 heavy (non-hydrogen) atoms. The molecule has 1 aromatic rings. The zero-order valence-electron chi connectivity index (χ0n) is 11.8. The molecule has 0 saturated carbocycles. The van der Waals surface area contributed by atoms with E-state index in [0.29, 0.717) is 5.75 Å². The van der Waals surface area contributed by atoms with Crippen molar-refractivity contribution < 1.29 is 14.6 Å². The standard InChI is InChI=1S/C15H22N2O3/c1-17-8-2-3-12(11-17)15(19)16-13-4-6-14(7-5-13)20-10-9-18/h4-7,12,18H,2-3,8-11H2,1H3,(H,16,19). The number of aliphatic hydroxyl groups is 1. The van der Waals surface area contributed by atoms with E-state index in [9.17, 15) is 4.79 Å². The van der Waals surface area contributed by atoms with Gasteiger partial charge in [0.05, 0.1) is 12.5 Å². The number of rotatable bonds is 5. The molecule has 1 unspecified atom stereocenters. The van der Waals surface area contributed by atoms with Crippen molar-refractivity contribution in [1.82, 2.24) is 4.90 Å². The van der Waals surface area contributed by atoms with Crippen LogP contribution in [0.15, 0.2) is 24.3 Å². The second-order valence-corrected chi connectivity index (χ2v) is 5.19. The molecule has 1 aliphatic rings. The third kappa shape index (κ3) is 4.21. The van der Waals surface area contributed by atoms with Crippen LogP contribution in [0.3, 0.4) is 0 Å². The minimum Gasteiger partial charge on any atom is -0.491 e. The van der Waals surface area contributed by atoms with Crippen molar-refractivity contribution in [3.63, 3.8) is 0 Å². The van der Waals surface area contributed by atoms with Crippen LogP contribution in [-0.4, -0.2) is 49.3 Å². The summed E-state index contributed by atoms with van der Waals surface area (Å²) >= 11 is 0. The summed E-state index contributed by atoms with van der Waals surface area (Å²) in [4.78, 5) is 14.4. The first-order chi connectivity index (χ1) is 9.69. The van der Waals surface area contributed by atoms with Gasteiger partial charge in [0.1, 0.15) is 12.4 Å². The first kappa shape index (κ1) is 14.8. The molecule has 0 aliphatic carbocycles. The van der Waals surface area contributed by atoms with Gasteiger partial charge in [-0.05, 0) is 50.7 Å². The van der Waals surface area contributed by atoms with E-state index in [-0.39, 0.29) is 25.0 Å². The lowest BCUT2D eigenvalue weighted by molar-refractivity contribution is -0.121. The number of nitrogens with one attached hydrogen (secondary N) is 1. The Morgan fingerprint density at radius 1 is 1.45 bits per heavy atom. The molecule has 0 spiro atoms. The van der Waals surface area contributed by atoms with E-state index in [4.69, 9.17) is 9.84 Å². The summed E-state index contributed by atoms with van der Waals surface area (Å²) < 4.78 is 5.28. The van der Waals surface area contributed by atoms with Crippen LogP contribution in [0.25, 0.3) is 0 Å². The van der Waals surface area contributed by atoms with E-state index in [1.54, 1.807) is 12.1 Å². The highest BCUT2D eigenvalue weighted by atomic mass is 16.5. The van der Waals surface area contributed by atoms with Crippen LogP contribution in [0, 0.1) is 5.92 Å². The first-order valence-electron chi connectivity index (χ1n) is 7.02. The number of benzene rings is 1. The SMILES string of the molecule is CN1CCCC(C(=O)Nc2ccc(OCCO)cc2)C1. The molecule has 2 rings (SSSR count). The Hall–Kier alpha value is -1.59. The van der Waals surface area contributed by atoms with Crippen molar-refractivity contribution >= 4 is 11.6 Å². The van der Waals surface area contributed by atoms with Gasteiger partial charge in [0.25, 0.3) is 0 Å². The van der Waals surface area contributed by atoms with E-state index in [1.165, 1.54) is 0 Å². The topological polar surface area (TPSA) is 61.8 Å². The molecule has 2 N–H and O–H groups in total. The second kappa shape index (κ2) is 7.26. The summed E-state index contributed by atoms with van der Waals surface area (Å²) in [5.74, 6) is 0.842. The molecule has 5 heteroatoms. The maximum Gasteiger partial charge on any atom is 0.228 e. The Labute approximate surface area is 119 Å². The van der Waals surface area contributed by atoms with Gasteiger partial charge in [-0.3, -0.25) is 4.79 Å². The number of hydrogen-bond donors (Lipinski definition) is 2. The highest BCUT2D eigenvalue weighted by Gasteiger charge is 2.23. The molecule has 110 valence electrons. The summed E-state index contributed by atoms with van der Waals surface area (Å²) in [6.45, 7) is 2.16. The number of hydrogen-bond acceptors (Lipinski definition) is 4. The van der Waals surface area contributed by atoms with Crippen LogP contribution in [0.5, 0.6) is 5.75 Å². The highest BCUT2D eigenvalue weighted by Crippen LogP contribution is 2.19. The van der Waals surface area contributed by atoms with Crippen molar-refractivity contribution in [2.45, 2.75) is 12.8 Å². The summed E-state index contributed by atoms with van der Waals surface area (Å²) in [5.41, 5.74) is 0.777. The van der Waals surface area contributed by atoms with Gasteiger partial charge in [-0.1, -0.05) is 0 Å². The van der Waals surface area contributed by atoms with Gasteiger partial charge >= 0.3 is 0 Å². The Morgan fingerprint density at radius 3 is 2.85 bits per heavy atom. The van der Waals surface area contributed by atoms with Gasteiger partial charge < -0.3 is 20.1 Å². The van der Waals surface area contributed by atoms with Crippen LogP contribution in [-0.2, 0) is 4.79 Å². The van der Waals surface area contributed by atoms with E-state index >= 15 is 0 Å². The molecule has 0 bridgehead atoms. The van der Waals surface area contributed by atoms with Crippen molar-refractivity contribution in [2.75, 3.05) is 38.7 Å². The van der Waals surface area contributed by atoms with E-state index < -0.39 is 0 Å². The van der Waals surface area contributed by atoms with Crippen molar-refractivity contribution in [3.05, 3.63) is 24.3 Å². The van der Waals surface area contributed by atoms with E-state index in [0.717, 1.165) is 31.6 Å².